The second-order valence-corrected chi connectivity index (χ2v) is 4.06. The van der Waals surface area contributed by atoms with Gasteiger partial charge in [-0.05, 0) is 13.8 Å². The number of ether oxygens (including phenoxy) is 1. The van der Waals surface area contributed by atoms with E-state index < -0.39 is 5.97 Å². The fourth-order valence-electron chi connectivity index (χ4n) is 1.63. The van der Waals surface area contributed by atoms with Crippen molar-refractivity contribution < 1.29 is 14.6 Å². The molecule has 0 fully saturated rings. The summed E-state index contributed by atoms with van der Waals surface area (Å²) < 4.78 is 5.52. The average Bonchev–Trinajstić information content (AvgIpc) is 2.44. The van der Waals surface area contributed by atoms with Gasteiger partial charge in [0, 0.05) is 12.0 Å². The molecule has 2 N–H and O–H groups in total. The van der Waals surface area contributed by atoms with Gasteiger partial charge in [-0.3, -0.25) is 5.10 Å². The Morgan fingerprint density at radius 2 is 2.36 bits per heavy atom. The number of aromatic nitrogens is 2. The number of fused-ring (bicyclic) bond motifs is 1. The molecule has 2 rings (SSSR count). The number of H-pyrrole nitrogens is 1. The Bertz CT molecular complexity index is 381. The molecule has 76 valence electrons. The maximum Gasteiger partial charge on any atom is 0.356 e. The minimum absolute atomic E-state index is 0.122. The maximum absolute atomic E-state index is 10.8. The third-order valence-corrected chi connectivity index (χ3v) is 2.37. The Hall–Kier alpha value is -1.36. The molecule has 5 nitrogen and oxygen atoms in total. The highest BCUT2D eigenvalue weighted by atomic mass is 16.5. The lowest BCUT2D eigenvalue weighted by Crippen LogP contribution is -2.32. The van der Waals surface area contributed by atoms with Crippen LogP contribution in [0.5, 0.6) is 0 Å². The quantitative estimate of drug-likeness (QED) is 0.701. The van der Waals surface area contributed by atoms with Gasteiger partial charge in [0.1, 0.15) is 0 Å². The summed E-state index contributed by atoms with van der Waals surface area (Å²) in [5.41, 5.74) is 1.37. The fourth-order valence-corrected chi connectivity index (χ4v) is 1.63. The Kier molecular flexibility index (Phi) is 1.85. The summed E-state index contributed by atoms with van der Waals surface area (Å²) in [7, 11) is 0. The predicted molar refractivity (Wildman–Crippen MR) is 48.1 cm³/mol. The van der Waals surface area contributed by atoms with Crippen LogP contribution in [0.1, 0.15) is 35.6 Å². The summed E-state index contributed by atoms with van der Waals surface area (Å²) in [5, 5.41) is 15.3. The van der Waals surface area contributed by atoms with Crippen LogP contribution < -0.4 is 0 Å². The molecular weight excluding hydrogens is 184 g/mol. The maximum atomic E-state index is 10.8. The molecule has 0 unspecified atom stereocenters. The van der Waals surface area contributed by atoms with Crippen molar-refractivity contribution in [3.05, 3.63) is 17.0 Å². The first-order valence-corrected chi connectivity index (χ1v) is 4.43. The number of aromatic carboxylic acids is 1. The number of carboxylic acid groups (broad SMARTS) is 1. The summed E-state index contributed by atoms with van der Waals surface area (Å²) in [4.78, 5) is 10.8. The number of hydrogen-bond acceptors (Lipinski definition) is 3. The van der Waals surface area contributed by atoms with E-state index in [2.05, 4.69) is 10.2 Å². The van der Waals surface area contributed by atoms with E-state index in [1.165, 1.54) is 0 Å². The van der Waals surface area contributed by atoms with Crippen molar-refractivity contribution in [2.24, 2.45) is 0 Å². The topological polar surface area (TPSA) is 75.2 Å². The molecule has 0 atom stereocenters. The Balaban J connectivity index is 2.42. The molecule has 1 aromatic heterocycles. The van der Waals surface area contributed by atoms with Crippen LogP contribution in [0.4, 0.5) is 0 Å². The minimum Gasteiger partial charge on any atom is -0.476 e. The molecule has 1 aromatic rings. The zero-order chi connectivity index (χ0) is 10.3. The first-order chi connectivity index (χ1) is 6.49. The molecule has 5 heteroatoms. The number of hydrogen-bond donors (Lipinski definition) is 2. The third-order valence-electron chi connectivity index (χ3n) is 2.37. The summed E-state index contributed by atoms with van der Waals surface area (Å²) in [6, 6.07) is 0. The van der Waals surface area contributed by atoms with Crippen molar-refractivity contribution >= 4 is 5.97 Å². The standard InChI is InChI=1S/C9H12N2O3/c1-9(2)3-5-6(4-14-9)10-11-7(5)8(12)13/h3-4H2,1-2H3,(H,10,11)(H,12,13). The molecule has 2 heterocycles. The molecule has 0 aromatic carbocycles. The molecule has 1 aliphatic heterocycles. The van der Waals surface area contributed by atoms with Crippen molar-refractivity contribution in [1.29, 1.82) is 0 Å². The molecule has 0 saturated carbocycles. The minimum atomic E-state index is -0.986. The van der Waals surface area contributed by atoms with Gasteiger partial charge in [-0.2, -0.15) is 5.10 Å². The Morgan fingerprint density at radius 1 is 1.64 bits per heavy atom. The molecule has 0 bridgehead atoms. The zero-order valence-corrected chi connectivity index (χ0v) is 8.13. The van der Waals surface area contributed by atoms with Crippen molar-refractivity contribution in [1.82, 2.24) is 10.2 Å². The van der Waals surface area contributed by atoms with Crippen LogP contribution >= 0.6 is 0 Å². The van der Waals surface area contributed by atoms with E-state index in [4.69, 9.17) is 9.84 Å². The number of aromatic amines is 1. The van der Waals surface area contributed by atoms with Crippen molar-refractivity contribution in [3.8, 4) is 0 Å². The van der Waals surface area contributed by atoms with Crippen molar-refractivity contribution in [2.75, 3.05) is 0 Å². The third kappa shape index (κ3) is 1.39. The van der Waals surface area contributed by atoms with Crippen LogP contribution in [0.25, 0.3) is 0 Å². The van der Waals surface area contributed by atoms with Gasteiger partial charge in [0.2, 0.25) is 0 Å². The highest BCUT2D eigenvalue weighted by Crippen LogP contribution is 2.28. The smallest absolute Gasteiger partial charge is 0.356 e. The molecule has 0 aliphatic carbocycles. The van der Waals surface area contributed by atoms with Gasteiger partial charge in [-0.15, -0.1) is 0 Å². The molecule has 14 heavy (non-hydrogen) atoms. The lowest BCUT2D eigenvalue weighted by molar-refractivity contribution is -0.0415. The van der Waals surface area contributed by atoms with E-state index in [9.17, 15) is 4.79 Å². The average molecular weight is 196 g/mol. The van der Waals surface area contributed by atoms with E-state index in [0.29, 0.717) is 13.0 Å². The van der Waals surface area contributed by atoms with Gasteiger partial charge in [-0.1, -0.05) is 0 Å². The van der Waals surface area contributed by atoms with Crippen molar-refractivity contribution in [3.63, 3.8) is 0 Å². The predicted octanol–water partition coefficient (Wildman–Crippen LogP) is 0.959. The molecule has 0 amide bonds. The Morgan fingerprint density at radius 3 is 3.00 bits per heavy atom. The second-order valence-electron chi connectivity index (χ2n) is 4.06. The van der Waals surface area contributed by atoms with Crippen molar-refractivity contribution in [2.45, 2.75) is 32.5 Å². The highest BCUT2D eigenvalue weighted by Gasteiger charge is 2.31. The molecular formula is C9H12N2O3. The summed E-state index contributed by atoms with van der Waals surface area (Å²) in [5.74, 6) is -0.986. The first-order valence-electron chi connectivity index (χ1n) is 4.43. The number of carboxylic acids is 1. The monoisotopic (exact) mass is 196 g/mol. The van der Waals surface area contributed by atoms with Crippen LogP contribution in [-0.2, 0) is 17.8 Å². The molecule has 0 spiro atoms. The lowest BCUT2D eigenvalue weighted by atomic mass is 9.94. The van der Waals surface area contributed by atoms with Crippen LogP contribution in [0, 0.1) is 0 Å². The van der Waals surface area contributed by atoms with Gasteiger partial charge in [0.05, 0.1) is 17.9 Å². The summed E-state index contributed by atoms with van der Waals surface area (Å²) >= 11 is 0. The van der Waals surface area contributed by atoms with Gasteiger partial charge < -0.3 is 9.84 Å². The van der Waals surface area contributed by atoms with Gasteiger partial charge in [0.15, 0.2) is 5.69 Å². The van der Waals surface area contributed by atoms with Crippen LogP contribution in [0.3, 0.4) is 0 Å². The number of nitrogens with zero attached hydrogens (tertiary/aromatic N) is 1. The number of rotatable bonds is 1. The van der Waals surface area contributed by atoms with Crippen LogP contribution in [0.2, 0.25) is 0 Å². The highest BCUT2D eigenvalue weighted by molar-refractivity contribution is 5.87. The molecule has 0 saturated heterocycles. The van der Waals surface area contributed by atoms with E-state index in [1.54, 1.807) is 0 Å². The number of carbonyl (C=O) groups is 1. The summed E-state index contributed by atoms with van der Waals surface area (Å²) in [6.07, 6.45) is 0.584. The lowest BCUT2D eigenvalue weighted by Gasteiger charge is -2.29. The zero-order valence-electron chi connectivity index (χ0n) is 8.13. The largest absolute Gasteiger partial charge is 0.476 e. The van der Waals surface area contributed by atoms with Crippen LogP contribution in [-0.4, -0.2) is 26.9 Å². The van der Waals surface area contributed by atoms with E-state index >= 15 is 0 Å². The normalized spacial score (nSPS) is 19.0. The van der Waals surface area contributed by atoms with E-state index in [-0.39, 0.29) is 11.3 Å². The fraction of sp³-hybridized carbons (Fsp3) is 0.556. The number of nitrogens with one attached hydrogen (secondary N) is 1. The SMILES string of the molecule is CC1(C)Cc2c(C(=O)O)n[nH]c2CO1. The molecule has 1 aliphatic rings. The van der Waals surface area contributed by atoms with E-state index in [1.807, 2.05) is 13.8 Å². The van der Waals surface area contributed by atoms with Gasteiger partial charge in [0.25, 0.3) is 0 Å². The molecule has 0 radical (unpaired) electrons. The Labute approximate surface area is 81.1 Å². The van der Waals surface area contributed by atoms with Gasteiger partial charge in [-0.25, -0.2) is 4.79 Å². The van der Waals surface area contributed by atoms with Crippen LogP contribution in [0.15, 0.2) is 0 Å². The first kappa shape index (κ1) is 9.21. The summed E-state index contributed by atoms with van der Waals surface area (Å²) in [6.45, 7) is 4.28. The van der Waals surface area contributed by atoms with Gasteiger partial charge >= 0.3 is 5.97 Å². The second kappa shape index (κ2) is 2.81. The van der Waals surface area contributed by atoms with E-state index in [0.717, 1.165) is 11.3 Å².